The zero-order valence-electron chi connectivity index (χ0n) is 27.9. The van der Waals surface area contributed by atoms with E-state index >= 15 is 0 Å². The number of rotatable bonds is 11. The lowest BCUT2D eigenvalue weighted by molar-refractivity contribution is -0.342. The molecule has 5 rings (SSSR count). The summed E-state index contributed by atoms with van der Waals surface area (Å²) >= 11 is 0. The van der Waals surface area contributed by atoms with Gasteiger partial charge in [0.15, 0.2) is 18.3 Å². The normalized spacial score (nSPS) is 27.1. The molecule has 0 unspecified atom stereocenters. The third-order valence-electron chi connectivity index (χ3n) is 8.12. The lowest BCUT2D eigenvalue weighted by atomic mass is 9.83. The van der Waals surface area contributed by atoms with Gasteiger partial charge in [0.25, 0.3) is 5.91 Å². The first kappa shape index (κ1) is 36.0. The van der Waals surface area contributed by atoms with Crippen molar-refractivity contribution >= 4 is 46.7 Å². The van der Waals surface area contributed by atoms with Crippen molar-refractivity contribution in [3.63, 3.8) is 0 Å². The maximum atomic E-state index is 13.7. The smallest absolute Gasteiger partial charge is 0.303 e. The molecule has 0 saturated carbocycles. The van der Waals surface area contributed by atoms with Crippen LogP contribution in [0, 0.1) is 11.8 Å². The minimum absolute atomic E-state index is 0.142. The number of hydrogen-bond donors (Lipinski definition) is 1. The molecule has 1 amide bonds. The number of carbonyl (C=O) groups excluding carboxylic acids is 6. The van der Waals surface area contributed by atoms with Crippen LogP contribution in [0.5, 0.6) is 0 Å². The fourth-order valence-electron chi connectivity index (χ4n) is 6.15. The van der Waals surface area contributed by atoms with Crippen LogP contribution in [0.3, 0.4) is 0 Å². The average molecular weight is 700 g/mol. The Kier molecular flexibility index (Phi) is 11.2. The van der Waals surface area contributed by atoms with Crippen molar-refractivity contribution < 1.29 is 66.7 Å². The molecular weight excluding hydrogens is 662 g/mol. The summed E-state index contributed by atoms with van der Waals surface area (Å²) in [6.07, 6.45) is -3.45. The topological polar surface area (TPSA) is 206 Å². The quantitative estimate of drug-likeness (QED) is 0.201. The average Bonchev–Trinajstić information content (AvgIpc) is 3.66. The molecule has 1 fully saturated rings. The molecule has 1 aromatic heterocycles. The molecule has 268 valence electrons. The van der Waals surface area contributed by atoms with Gasteiger partial charge in [-0.3, -0.25) is 28.8 Å². The number of hydrogen-bond acceptors (Lipinski definition) is 15. The van der Waals surface area contributed by atoms with Gasteiger partial charge in [-0.25, -0.2) is 5.43 Å². The number of para-hydroxylation sites is 1. The highest BCUT2D eigenvalue weighted by atomic mass is 16.8. The Hall–Kier alpha value is -5.29. The van der Waals surface area contributed by atoms with E-state index in [0.717, 1.165) is 33.1 Å². The highest BCUT2D eigenvalue weighted by Crippen LogP contribution is 2.45. The van der Waals surface area contributed by atoms with Gasteiger partial charge in [-0.1, -0.05) is 24.3 Å². The lowest BCUT2D eigenvalue weighted by Crippen LogP contribution is -2.63. The number of carbonyl (C=O) groups is 6. The molecule has 8 atom stereocenters. The number of fused-ring (bicyclic) bond motifs is 2. The SMILES string of the molecule is CC(=O)OCC1=CC[C@@H]2C(C(=O)Nn3ncc4ccccc43)=CO[C@@H](O[C@@H]3O[C@H](COC(C)=O)[C@@H](OC(C)=O)[C@H](OC(C)=O)[C@H]3OC(C)=O)[C@H]12. The van der Waals surface area contributed by atoms with Crippen LogP contribution in [-0.4, -0.2) is 95.9 Å². The summed E-state index contributed by atoms with van der Waals surface area (Å²) in [4.78, 5) is 75.2. The van der Waals surface area contributed by atoms with Gasteiger partial charge in [0, 0.05) is 45.9 Å². The number of aromatic nitrogens is 2. The molecule has 3 aliphatic rings. The second kappa shape index (κ2) is 15.5. The predicted octanol–water partition coefficient (Wildman–Crippen LogP) is 1.57. The summed E-state index contributed by atoms with van der Waals surface area (Å²) in [6.45, 7) is 5.13. The Morgan fingerprint density at radius 2 is 1.50 bits per heavy atom. The number of esters is 5. The third kappa shape index (κ3) is 8.28. The molecule has 0 radical (unpaired) electrons. The first-order chi connectivity index (χ1) is 23.8. The van der Waals surface area contributed by atoms with E-state index in [1.54, 1.807) is 18.3 Å². The first-order valence-corrected chi connectivity index (χ1v) is 15.7. The minimum atomic E-state index is -1.56. The van der Waals surface area contributed by atoms with Gasteiger partial charge in [0.2, 0.25) is 12.6 Å². The Bertz CT molecular complexity index is 1720. The van der Waals surface area contributed by atoms with E-state index in [1.807, 2.05) is 18.2 Å². The third-order valence-corrected chi connectivity index (χ3v) is 8.12. The standard InChI is InChI=1S/C33H37N3O14/c1-16(37)43-13-22-10-11-23-24(31(42)35-36-25-9-7-6-8-21(25)12-34-36)14-45-32(27(22)23)50-33-30(48-20(5)41)29(47-19(4)40)28(46-18(3)39)26(49-33)15-44-17(2)38/h6-10,12,14,23,26-30,32-33H,11,13,15H2,1-5H3,(H,35,42)/t23-,26-,27-,28-,29+,30-,32+,33+/m1/s1. The first-order valence-electron chi connectivity index (χ1n) is 15.7. The van der Waals surface area contributed by atoms with Crippen molar-refractivity contribution in [1.29, 1.82) is 0 Å². The Labute approximate surface area is 285 Å². The second-order valence-corrected chi connectivity index (χ2v) is 11.8. The summed E-state index contributed by atoms with van der Waals surface area (Å²) < 4.78 is 45.3. The summed E-state index contributed by atoms with van der Waals surface area (Å²) in [5, 5.41) is 5.06. The van der Waals surface area contributed by atoms with Gasteiger partial charge in [0.1, 0.15) is 19.3 Å². The molecule has 17 nitrogen and oxygen atoms in total. The van der Waals surface area contributed by atoms with Crippen LogP contribution in [0.1, 0.15) is 41.0 Å². The maximum absolute atomic E-state index is 13.7. The van der Waals surface area contributed by atoms with Crippen LogP contribution in [0.25, 0.3) is 10.9 Å². The molecule has 0 bridgehead atoms. The molecule has 3 heterocycles. The zero-order chi connectivity index (χ0) is 36.1. The van der Waals surface area contributed by atoms with E-state index in [0.29, 0.717) is 17.5 Å². The Balaban J connectivity index is 1.47. The minimum Gasteiger partial charge on any atom is -0.471 e. The number of allylic oxidation sites excluding steroid dienone is 1. The summed E-state index contributed by atoms with van der Waals surface area (Å²) in [7, 11) is 0. The highest BCUT2D eigenvalue weighted by Gasteiger charge is 2.55. The molecule has 0 spiro atoms. The van der Waals surface area contributed by atoms with Crippen molar-refractivity contribution in [3.05, 3.63) is 53.9 Å². The van der Waals surface area contributed by atoms with Crippen LogP contribution >= 0.6 is 0 Å². The molecule has 1 N–H and O–H groups in total. The number of nitrogens with zero attached hydrogens (tertiary/aromatic N) is 2. The van der Waals surface area contributed by atoms with Crippen molar-refractivity contribution in [3.8, 4) is 0 Å². The maximum Gasteiger partial charge on any atom is 0.303 e. The van der Waals surface area contributed by atoms with E-state index in [2.05, 4.69) is 10.5 Å². The number of amides is 1. The fraction of sp³-hybridized carbons (Fsp3) is 0.485. The van der Waals surface area contributed by atoms with Crippen LogP contribution in [0.4, 0.5) is 0 Å². The largest absolute Gasteiger partial charge is 0.471 e. The Morgan fingerprint density at radius 3 is 2.18 bits per heavy atom. The molecule has 17 heteroatoms. The van der Waals surface area contributed by atoms with Crippen molar-refractivity contribution in [2.24, 2.45) is 11.8 Å². The molecule has 1 saturated heterocycles. The van der Waals surface area contributed by atoms with Gasteiger partial charge in [0.05, 0.1) is 29.5 Å². The van der Waals surface area contributed by atoms with E-state index in [4.69, 9.17) is 37.9 Å². The number of ether oxygens (including phenoxy) is 8. The molecule has 1 aliphatic carbocycles. The van der Waals surface area contributed by atoms with E-state index in [9.17, 15) is 28.8 Å². The van der Waals surface area contributed by atoms with Crippen LogP contribution in [-0.2, 0) is 66.7 Å². The Morgan fingerprint density at radius 1 is 0.840 bits per heavy atom. The van der Waals surface area contributed by atoms with E-state index < -0.39 is 91.2 Å². The summed E-state index contributed by atoms with van der Waals surface area (Å²) in [5.74, 6) is -5.42. The summed E-state index contributed by atoms with van der Waals surface area (Å²) in [5.41, 5.74) is 4.25. The van der Waals surface area contributed by atoms with Crippen LogP contribution in [0.15, 0.2) is 53.9 Å². The summed E-state index contributed by atoms with van der Waals surface area (Å²) in [6, 6.07) is 7.30. The highest BCUT2D eigenvalue weighted by molar-refractivity contribution is 6.00. The number of nitrogens with one attached hydrogen (secondary N) is 1. The van der Waals surface area contributed by atoms with Crippen LogP contribution < -0.4 is 5.43 Å². The van der Waals surface area contributed by atoms with Gasteiger partial charge < -0.3 is 37.9 Å². The van der Waals surface area contributed by atoms with Gasteiger partial charge in [-0.15, -0.1) is 0 Å². The monoisotopic (exact) mass is 699 g/mol. The zero-order valence-corrected chi connectivity index (χ0v) is 27.9. The molecule has 1 aromatic carbocycles. The fourth-order valence-corrected chi connectivity index (χ4v) is 6.15. The van der Waals surface area contributed by atoms with E-state index in [-0.39, 0.29) is 12.2 Å². The predicted molar refractivity (Wildman–Crippen MR) is 166 cm³/mol. The van der Waals surface area contributed by atoms with E-state index in [1.165, 1.54) is 18.0 Å². The molecule has 2 aromatic rings. The van der Waals surface area contributed by atoms with Crippen molar-refractivity contribution in [2.45, 2.75) is 78.0 Å². The lowest BCUT2D eigenvalue weighted by Gasteiger charge is -2.45. The molecular formula is C33H37N3O14. The molecule has 2 aliphatic heterocycles. The van der Waals surface area contributed by atoms with Crippen molar-refractivity contribution in [2.75, 3.05) is 18.6 Å². The van der Waals surface area contributed by atoms with Gasteiger partial charge >= 0.3 is 29.8 Å². The van der Waals surface area contributed by atoms with Crippen molar-refractivity contribution in [1.82, 2.24) is 9.89 Å². The van der Waals surface area contributed by atoms with Gasteiger partial charge in [-0.05, 0) is 18.1 Å². The van der Waals surface area contributed by atoms with Crippen LogP contribution in [0.2, 0.25) is 0 Å². The molecule has 50 heavy (non-hydrogen) atoms. The second-order valence-electron chi connectivity index (χ2n) is 11.8. The van der Waals surface area contributed by atoms with Gasteiger partial charge in [-0.2, -0.15) is 9.89 Å². The number of benzene rings is 1.